The quantitative estimate of drug-likeness (QED) is 0.252. The molecule has 0 aromatic heterocycles. The summed E-state index contributed by atoms with van der Waals surface area (Å²) >= 11 is 6.00. The fourth-order valence-electron chi connectivity index (χ4n) is 3.39. The molecular weight excluding hydrogens is 450 g/mol. The fourth-order valence-corrected chi connectivity index (χ4v) is 3.51. The maximum Gasteiger partial charge on any atom is 0.341 e. The molecule has 168 valence electrons. The SMILES string of the molecule is O=C(Nc1ccccc1C(=O)O[C@@H](C(=O)c1ccccc1)c1ccc(Cl)cc1)c1ccccc1. The molecule has 4 aromatic rings. The highest BCUT2D eigenvalue weighted by Gasteiger charge is 2.28. The number of amides is 1. The van der Waals surface area contributed by atoms with Crippen LogP contribution in [0, 0.1) is 0 Å². The minimum atomic E-state index is -1.19. The normalized spacial score (nSPS) is 11.3. The van der Waals surface area contributed by atoms with Crippen molar-refractivity contribution >= 4 is 34.9 Å². The van der Waals surface area contributed by atoms with E-state index in [1.165, 1.54) is 6.07 Å². The molecule has 0 saturated heterocycles. The third-order valence-corrected chi connectivity index (χ3v) is 5.38. The van der Waals surface area contributed by atoms with E-state index in [1.807, 2.05) is 6.07 Å². The molecule has 1 atom stereocenters. The van der Waals surface area contributed by atoms with Gasteiger partial charge < -0.3 is 10.1 Å². The highest BCUT2D eigenvalue weighted by atomic mass is 35.5. The second-order valence-corrected chi connectivity index (χ2v) is 7.87. The van der Waals surface area contributed by atoms with Gasteiger partial charge in [-0.05, 0) is 36.4 Å². The maximum absolute atomic E-state index is 13.3. The number of ketones is 1. The van der Waals surface area contributed by atoms with Gasteiger partial charge in [0.15, 0.2) is 6.10 Å². The van der Waals surface area contributed by atoms with Crippen LogP contribution in [0.5, 0.6) is 0 Å². The number of benzene rings is 4. The van der Waals surface area contributed by atoms with Crippen LogP contribution in [0.3, 0.4) is 0 Å². The lowest BCUT2D eigenvalue weighted by Crippen LogP contribution is -2.22. The van der Waals surface area contributed by atoms with Gasteiger partial charge in [0, 0.05) is 21.7 Å². The number of hydrogen-bond acceptors (Lipinski definition) is 4. The van der Waals surface area contributed by atoms with Crippen molar-refractivity contribution in [1.82, 2.24) is 0 Å². The number of carbonyl (C=O) groups is 3. The lowest BCUT2D eigenvalue weighted by atomic mass is 9.99. The molecular formula is C28H20ClNO4. The number of anilines is 1. The number of rotatable bonds is 7. The zero-order valence-corrected chi connectivity index (χ0v) is 18.7. The minimum absolute atomic E-state index is 0.131. The van der Waals surface area contributed by atoms with Crippen molar-refractivity contribution in [2.24, 2.45) is 0 Å². The van der Waals surface area contributed by atoms with E-state index >= 15 is 0 Å². The Morgan fingerprint density at radius 2 is 1.24 bits per heavy atom. The van der Waals surface area contributed by atoms with Gasteiger partial charge >= 0.3 is 5.97 Å². The summed E-state index contributed by atoms with van der Waals surface area (Å²) < 4.78 is 5.72. The molecule has 0 heterocycles. The van der Waals surface area contributed by atoms with E-state index < -0.39 is 12.1 Å². The minimum Gasteiger partial charge on any atom is -0.445 e. The molecule has 0 radical (unpaired) electrons. The highest BCUT2D eigenvalue weighted by molar-refractivity contribution is 6.30. The van der Waals surface area contributed by atoms with Crippen LogP contribution in [0.2, 0.25) is 5.02 Å². The molecule has 5 nitrogen and oxygen atoms in total. The molecule has 6 heteroatoms. The van der Waals surface area contributed by atoms with Crippen molar-refractivity contribution in [2.45, 2.75) is 6.10 Å². The Morgan fingerprint density at radius 1 is 0.676 bits per heavy atom. The van der Waals surface area contributed by atoms with Crippen molar-refractivity contribution in [3.8, 4) is 0 Å². The van der Waals surface area contributed by atoms with Crippen LogP contribution in [-0.4, -0.2) is 17.7 Å². The predicted octanol–water partition coefficient (Wildman–Crippen LogP) is 6.37. The number of ether oxygens (including phenoxy) is 1. The standard InChI is InChI=1S/C28H20ClNO4/c29-22-17-15-20(16-18-22)26(25(31)19-9-3-1-4-10-19)34-28(33)23-13-7-8-14-24(23)30-27(32)21-11-5-2-6-12-21/h1-18,26H,(H,30,32)/t26-/m1/s1. The molecule has 0 spiro atoms. The van der Waals surface area contributed by atoms with Crippen LogP contribution >= 0.6 is 11.6 Å². The van der Waals surface area contributed by atoms with Crippen LogP contribution in [0.25, 0.3) is 0 Å². The molecule has 0 bridgehead atoms. The van der Waals surface area contributed by atoms with E-state index in [2.05, 4.69) is 5.32 Å². The molecule has 0 fully saturated rings. The van der Waals surface area contributed by atoms with Crippen molar-refractivity contribution in [3.63, 3.8) is 0 Å². The first kappa shape index (κ1) is 23.0. The predicted molar refractivity (Wildman–Crippen MR) is 131 cm³/mol. The van der Waals surface area contributed by atoms with E-state index in [9.17, 15) is 14.4 Å². The molecule has 4 aromatic carbocycles. The zero-order chi connectivity index (χ0) is 23.9. The van der Waals surface area contributed by atoms with E-state index in [1.54, 1.807) is 97.1 Å². The van der Waals surface area contributed by atoms with E-state index in [0.717, 1.165) is 0 Å². The lowest BCUT2D eigenvalue weighted by molar-refractivity contribution is 0.0281. The Balaban J connectivity index is 1.62. The number of hydrogen-bond donors (Lipinski definition) is 1. The monoisotopic (exact) mass is 469 g/mol. The average molecular weight is 470 g/mol. The first-order valence-corrected chi connectivity index (χ1v) is 10.9. The first-order chi connectivity index (χ1) is 16.5. The van der Waals surface area contributed by atoms with Crippen LogP contribution < -0.4 is 5.32 Å². The molecule has 4 rings (SSSR count). The van der Waals surface area contributed by atoms with Crippen LogP contribution in [0.1, 0.15) is 42.7 Å². The number of Topliss-reactive ketones (excluding diaryl/α,β-unsaturated/α-hetero) is 1. The van der Waals surface area contributed by atoms with Crippen molar-refractivity contribution in [2.75, 3.05) is 5.32 Å². The topological polar surface area (TPSA) is 72.5 Å². The van der Waals surface area contributed by atoms with Gasteiger partial charge in [-0.25, -0.2) is 4.79 Å². The van der Waals surface area contributed by atoms with Gasteiger partial charge in [-0.1, -0.05) is 84.4 Å². The fraction of sp³-hybridized carbons (Fsp3) is 0.0357. The number of carbonyl (C=O) groups excluding carboxylic acids is 3. The Hall–Kier alpha value is -4.22. The number of esters is 1. The summed E-state index contributed by atoms with van der Waals surface area (Å²) in [5.74, 6) is -1.48. The molecule has 34 heavy (non-hydrogen) atoms. The van der Waals surface area contributed by atoms with Gasteiger partial charge in [-0.3, -0.25) is 9.59 Å². The van der Waals surface area contributed by atoms with Crippen molar-refractivity contribution in [3.05, 3.63) is 136 Å². The van der Waals surface area contributed by atoms with Crippen LogP contribution in [0.15, 0.2) is 109 Å². The molecule has 1 N–H and O–H groups in total. The summed E-state index contributed by atoms with van der Waals surface area (Å²) in [5.41, 5.74) is 1.75. The summed E-state index contributed by atoms with van der Waals surface area (Å²) in [6.45, 7) is 0. The molecule has 0 aliphatic heterocycles. The first-order valence-electron chi connectivity index (χ1n) is 10.5. The van der Waals surface area contributed by atoms with Gasteiger partial charge in [0.25, 0.3) is 5.91 Å². The average Bonchev–Trinajstić information content (AvgIpc) is 2.88. The lowest BCUT2D eigenvalue weighted by Gasteiger charge is -2.19. The Labute approximate surface area is 202 Å². The Kier molecular flexibility index (Phi) is 7.16. The Morgan fingerprint density at radius 3 is 1.88 bits per heavy atom. The number of halogens is 1. The molecule has 0 aliphatic carbocycles. The third kappa shape index (κ3) is 5.39. The summed E-state index contributed by atoms with van der Waals surface area (Å²) in [6, 6.07) is 30.3. The zero-order valence-electron chi connectivity index (χ0n) is 18.0. The van der Waals surface area contributed by atoms with Gasteiger partial charge in [-0.15, -0.1) is 0 Å². The van der Waals surface area contributed by atoms with Gasteiger partial charge in [0.2, 0.25) is 5.78 Å². The van der Waals surface area contributed by atoms with Crippen LogP contribution in [0.4, 0.5) is 5.69 Å². The highest BCUT2D eigenvalue weighted by Crippen LogP contribution is 2.27. The molecule has 0 unspecified atom stereocenters. The summed E-state index contributed by atoms with van der Waals surface area (Å²) in [5, 5.41) is 3.24. The molecule has 1 amide bonds. The van der Waals surface area contributed by atoms with E-state index in [4.69, 9.17) is 16.3 Å². The summed E-state index contributed by atoms with van der Waals surface area (Å²) in [4.78, 5) is 39.1. The number of para-hydroxylation sites is 1. The summed E-state index contributed by atoms with van der Waals surface area (Å²) in [6.07, 6.45) is -1.19. The summed E-state index contributed by atoms with van der Waals surface area (Å²) in [7, 11) is 0. The third-order valence-electron chi connectivity index (χ3n) is 5.13. The van der Waals surface area contributed by atoms with Gasteiger partial charge in [-0.2, -0.15) is 0 Å². The Bertz CT molecular complexity index is 1310. The second-order valence-electron chi connectivity index (χ2n) is 7.43. The maximum atomic E-state index is 13.3. The molecule has 0 aliphatic rings. The van der Waals surface area contributed by atoms with Gasteiger partial charge in [0.05, 0.1) is 11.3 Å². The van der Waals surface area contributed by atoms with Crippen molar-refractivity contribution in [1.29, 1.82) is 0 Å². The smallest absolute Gasteiger partial charge is 0.341 e. The van der Waals surface area contributed by atoms with Crippen molar-refractivity contribution < 1.29 is 19.1 Å². The second kappa shape index (κ2) is 10.6. The molecule has 0 saturated carbocycles. The van der Waals surface area contributed by atoms with Gasteiger partial charge in [0.1, 0.15) is 0 Å². The van der Waals surface area contributed by atoms with E-state index in [0.29, 0.717) is 21.7 Å². The van der Waals surface area contributed by atoms with Crippen LogP contribution in [-0.2, 0) is 4.74 Å². The number of nitrogens with one attached hydrogen (secondary N) is 1. The largest absolute Gasteiger partial charge is 0.445 e. The van der Waals surface area contributed by atoms with E-state index in [-0.39, 0.29) is 22.9 Å².